The van der Waals surface area contributed by atoms with Gasteiger partial charge in [-0.15, -0.1) is 0 Å². The van der Waals surface area contributed by atoms with Gasteiger partial charge < -0.3 is 10.2 Å². The topological polar surface area (TPSA) is 117 Å². The molecule has 7 nitrogen and oxygen atoms in total. The summed E-state index contributed by atoms with van der Waals surface area (Å²) in [5.74, 6) is -1.62. The molecule has 0 aliphatic rings. The molecule has 0 amide bonds. The highest BCUT2D eigenvalue weighted by molar-refractivity contribution is 8.76. The Kier molecular flexibility index (Phi) is 32.1. The predicted octanol–water partition coefficient (Wildman–Crippen LogP) is 11.7. The highest BCUT2D eigenvalue weighted by Gasteiger charge is 2.34. The Balaban J connectivity index is 2.50. The minimum Gasteiger partial charge on any atom is -0.480 e. The van der Waals surface area contributed by atoms with Crippen LogP contribution in [0, 0.1) is 0 Å². The predicted molar refractivity (Wildman–Crippen MR) is 218 cm³/mol. The summed E-state index contributed by atoms with van der Waals surface area (Å²) in [6, 6.07) is 3.22. The molecule has 0 aromatic carbocycles. The summed E-state index contributed by atoms with van der Waals surface area (Å²) < 4.78 is 0. The molecule has 9 heteroatoms. The molecule has 0 bridgehead atoms. The molecule has 1 aromatic heterocycles. The zero-order valence-electron chi connectivity index (χ0n) is 32.4. The Morgan fingerprint density at radius 1 is 0.627 bits per heavy atom. The van der Waals surface area contributed by atoms with Crippen LogP contribution >= 0.6 is 21.6 Å². The number of nitrogens with zero attached hydrogens (tertiary/aromatic N) is 1. The number of carboxylic acids is 1. The van der Waals surface area contributed by atoms with E-state index in [0.717, 1.165) is 43.6 Å². The average molecular weight is 751 g/mol. The number of rotatable bonds is 38. The molecule has 294 valence electrons. The Morgan fingerprint density at radius 2 is 1.04 bits per heavy atom. The van der Waals surface area contributed by atoms with E-state index >= 15 is 0 Å². The van der Waals surface area contributed by atoms with Gasteiger partial charge in [0.25, 0.3) is 0 Å². The second-order valence-corrected chi connectivity index (χ2v) is 16.8. The van der Waals surface area contributed by atoms with Crippen molar-refractivity contribution in [2.75, 3.05) is 5.75 Å². The largest absolute Gasteiger partial charge is 0.480 e. The normalized spacial score (nSPS) is 13.2. The highest BCUT2D eigenvalue weighted by atomic mass is 33.1. The third-order valence-corrected chi connectivity index (χ3v) is 12.0. The maximum Gasteiger partial charge on any atom is 0.321 e. The highest BCUT2D eigenvalue weighted by Crippen LogP contribution is 2.29. The number of hydrogen-bond acceptors (Lipinski definition) is 8. The molecule has 3 unspecified atom stereocenters. The lowest BCUT2D eigenvalue weighted by Crippen LogP contribution is -2.55. The molecule has 1 rings (SSSR count). The van der Waals surface area contributed by atoms with Crippen molar-refractivity contribution in [1.29, 1.82) is 0 Å². The fourth-order valence-electron chi connectivity index (χ4n) is 6.45. The maximum absolute atomic E-state index is 13.4. The summed E-state index contributed by atoms with van der Waals surface area (Å²) in [7, 11) is 2.68. The minimum atomic E-state index is -1.55. The monoisotopic (exact) mass is 751 g/mol. The van der Waals surface area contributed by atoms with Crippen molar-refractivity contribution in [2.24, 2.45) is 0 Å². The summed E-state index contributed by atoms with van der Waals surface area (Å²) in [5.41, 5.74) is 0. The van der Waals surface area contributed by atoms with Crippen LogP contribution in [0.25, 0.3) is 0 Å². The van der Waals surface area contributed by atoms with Gasteiger partial charge in [-0.1, -0.05) is 185 Å². The van der Waals surface area contributed by atoms with Gasteiger partial charge in [-0.3, -0.25) is 19.7 Å². The molecule has 0 spiro atoms. The second kappa shape index (κ2) is 34.4. The number of carboxylic acid groups (broad SMARTS) is 1. The van der Waals surface area contributed by atoms with Gasteiger partial charge in [-0.2, -0.15) is 0 Å². The summed E-state index contributed by atoms with van der Waals surface area (Å²) in [5, 5.41) is 24.8. The summed E-state index contributed by atoms with van der Waals surface area (Å²) in [4.78, 5) is 43.0. The number of ketones is 2. The second-order valence-electron chi connectivity index (χ2n) is 14.4. The van der Waals surface area contributed by atoms with Crippen LogP contribution in [0.15, 0.2) is 29.4 Å². The molecule has 1 aromatic rings. The molecule has 0 radical (unpaired) electrons. The molecular weight excluding hydrogens is 677 g/mol. The van der Waals surface area contributed by atoms with Crippen LogP contribution in [0.3, 0.4) is 0 Å². The molecule has 3 atom stereocenters. The Hall–Kier alpha value is -1.42. The summed E-state index contributed by atoms with van der Waals surface area (Å²) >= 11 is 0. The van der Waals surface area contributed by atoms with E-state index in [-0.39, 0.29) is 30.2 Å². The number of aromatic nitrogens is 1. The van der Waals surface area contributed by atoms with Crippen molar-refractivity contribution in [2.45, 2.75) is 217 Å². The first-order valence-electron chi connectivity index (χ1n) is 20.8. The zero-order valence-corrected chi connectivity index (χ0v) is 34.1. The number of aliphatic hydroxyl groups excluding tert-OH is 1. The lowest BCUT2D eigenvalue weighted by Gasteiger charge is -2.26. The first-order chi connectivity index (χ1) is 24.9. The van der Waals surface area contributed by atoms with Gasteiger partial charge in [0.15, 0.2) is 11.6 Å². The van der Waals surface area contributed by atoms with Crippen LogP contribution in [-0.2, 0) is 14.4 Å². The van der Waals surface area contributed by atoms with Crippen LogP contribution in [0.1, 0.15) is 194 Å². The molecule has 0 aliphatic heterocycles. The fraction of sp³-hybridized carbons (Fsp3) is 0.810. The van der Waals surface area contributed by atoms with E-state index in [4.69, 9.17) is 0 Å². The molecule has 3 N–H and O–H groups in total. The van der Waals surface area contributed by atoms with E-state index in [0.29, 0.717) is 12.8 Å². The Bertz CT molecular complexity index is 983. The molecule has 1 heterocycles. The van der Waals surface area contributed by atoms with E-state index in [9.17, 15) is 24.6 Å². The number of carbonyl (C=O) groups excluding carboxylic acids is 2. The number of carbonyl (C=O) groups is 3. The van der Waals surface area contributed by atoms with E-state index in [2.05, 4.69) is 24.1 Å². The van der Waals surface area contributed by atoms with Crippen LogP contribution in [0.5, 0.6) is 0 Å². The van der Waals surface area contributed by atoms with Crippen molar-refractivity contribution in [3.8, 4) is 0 Å². The Morgan fingerprint density at radius 3 is 1.43 bits per heavy atom. The van der Waals surface area contributed by atoms with Crippen LogP contribution in [-0.4, -0.2) is 56.7 Å². The smallest absolute Gasteiger partial charge is 0.321 e. The first kappa shape index (κ1) is 47.6. The van der Waals surface area contributed by atoms with Gasteiger partial charge >= 0.3 is 5.97 Å². The third kappa shape index (κ3) is 26.9. The number of hydrogen-bond donors (Lipinski definition) is 3. The number of aliphatic hydroxyl groups is 1. The third-order valence-electron chi connectivity index (χ3n) is 9.74. The van der Waals surface area contributed by atoms with Gasteiger partial charge in [0, 0.05) is 24.8 Å². The lowest BCUT2D eigenvalue weighted by molar-refractivity contribution is -0.141. The fourth-order valence-corrected chi connectivity index (χ4v) is 8.52. The lowest BCUT2D eigenvalue weighted by atomic mass is 9.94. The van der Waals surface area contributed by atoms with Crippen molar-refractivity contribution in [3.63, 3.8) is 0 Å². The quantitative estimate of drug-likeness (QED) is 0.0448. The van der Waals surface area contributed by atoms with Crippen molar-refractivity contribution < 1.29 is 24.6 Å². The van der Waals surface area contributed by atoms with Gasteiger partial charge in [-0.25, -0.2) is 4.98 Å². The minimum absolute atomic E-state index is 0.152. The number of aliphatic carboxylic acids is 1. The number of pyridine rings is 1. The van der Waals surface area contributed by atoms with Gasteiger partial charge in [0.1, 0.15) is 23.2 Å². The van der Waals surface area contributed by atoms with E-state index in [1.165, 1.54) is 137 Å². The van der Waals surface area contributed by atoms with Crippen LogP contribution in [0.2, 0.25) is 0 Å². The Labute approximate surface area is 319 Å². The standard InChI is InChI=1S/C42H74N2O5S2/c1-3-5-7-9-11-13-15-17-19-21-23-25-27-31-37(45)40(44-36(42(48)49)35-50-51-39-33-29-30-34-43-39)41(47)38(46)32-28-26-24-22-20-18-16-14-12-10-8-6-4-2/h29-30,33-34,36,40-41,44,47H,3-28,31-32,35H2,1-2H3,(H,48,49). The summed E-state index contributed by atoms with van der Waals surface area (Å²) in [6.45, 7) is 4.50. The molecule has 51 heavy (non-hydrogen) atoms. The van der Waals surface area contributed by atoms with E-state index in [1.807, 2.05) is 18.2 Å². The average Bonchev–Trinajstić information content (AvgIpc) is 3.13. The SMILES string of the molecule is CCCCCCCCCCCCCCCC(=O)C(O)C(NC(CSSc1ccccn1)C(=O)O)C(=O)CCCCCCCCCCCCCCC. The van der Waals surface area contributed by atoms with Crippen LogP contribution < -0.4 is 5.32 Å². The van der Waals surface area contributed by atoms with Crippen molar-refractivity contribution in [3.05, 3.63) is 24.4 Å². The molecule has 0 saturated carbocycles. The first-order valence-corrected chi connectivity index (χ1v) is 23.1. The van der Waals surface area contributed by atoms with Gasteiger partial charge in [0.05, 0.1) is 0 Å². The van der Waals surface area contributed by atoms with Crippen LogP contribution in [0.4, 0.5) is 0 Å². The maximum atomic E-state index is 13.4. The van der Waals surface area contributed by atoms with Gasteiger partial charge in [-0.05, 0) is 35.8 Å². The molecule has 0 aliphatic carbocycles. The van der Waals surface area contributed by atoms with Crippen molar-refractivity contribution in [1.82, 2.24) is 10.3 Å². The van der Waals surface area contributed by atoms with Crippen molar-refractivity contribution >= 4 is 39.1 Å². The summed E-state index contributed by atoms with van der Waals surface area (Å²) in [6.07, 6.45) is 31.8. The zero-order chi connectivity index (χ0) is 37.2. The number of Topliss-reactive ketones (excluding diaryl/α,β-unsaturated/α-hetero) is 2. The number of unbranched alkanes of at least 4 members (excludes halogenated alkanes) is 24. The molecule has 0 saturated heterocycles. The van der Waals surface area contributed by atoms with Gasteiger partial charge in [0.2, 0.25) is 0 Å². The molecular formula is C42H74N2O5S2. The number of nitrogens with one attached hydrogen (secondary N) is 1. The van der Waals surface area contributed by atoms with E-state index < -0.39 is 24.2 Å². The molecule has 0 fully saturated rings. The van der Waals surface area contributed by atoms with E-state index in [1.54, 1.807) is 6.20 Å².